The highest BCUT2D eigenvalue weighted by atomic mass is 16.1. The van der Waals surface area contributed by atoms with Gasteiger partial charge in [0.15, 0.2) is 11.5 Å². The highest BCUT2D eigenvalue weighted by Crippen LogP contribution is 2.43. The van der Waals surface area contributed by atoms with Gasteiger partial charge in [0.05, 0.1) is 17.3 Å². The van der Waals surface area contributed by atoms with Crippen molar-refractivity contribution in [2.24, 2.45) is 0 Å². The second-order valence-electron chi connectivity index (χ2n) is 8.60. The molecule has 1 aliphatic carbocycles. The summed E-state index contributed by atoms with van der Waals surface area (Å²) < 4.78 is 3.54. The Morgan fingerprint density at radius 3 is 2.76 bits per heavy atom. The van der Waals surface area contributed by atoms with Gasteiger partial charge in [-0.25, -0.2) is 15.0 Å². The molecule has 9 heteroatoms. The Kier molecular flexibility index (Phi) is 4.42. The van der Waals surface area contributed by atoms with Crippen molar-refractivity contribution < 1.29 is 0 Å². The molecule has 0 aliphatic heterocycles. The third-order valence-electron chi connectivity index (χ3n) is 5.87. The zero-order valence-corrected chi connectivity index (χ0v) is 18.3. The molecule has 0 bridgehead atoms. The van der Waals surface area contributed by atoms with E-state index >= 15 is 0 Å². The van der Waals surface area contributed by atoms with Crippen LogP contribution in [0.1, 0.15) is 44.2 Å². The first kappa shape index (κ1) is 19.5. The maximum atomic E-state index is 12.4. The molecular formula is C24H22N8O. The minimum atomic E-state index is -0.371. The predicted octanol–water partition coefficient (Wildman–Crippen LogP) is 4.10. The van der Waals surface area contributed by atoms with Gasteiger partial charge in [0.2, 0.25) is 5.95 Å². The largest absolute Gasteiger partial charge is 0.319 e. The molecule has 1 fully saturated rings. The van der Waals surface area contributed by atoms with Gasteiger partial charge >= 0.3 is 0 Å². The van der Waals surface area contributed by atoms with Gasteiger partial charge in [0.25, 0.3) is 5.56 Å². The van der Waals surface area contributed by atoms with Crippen LogP contribution in [0.25, 0.3) is 27.9 Å². The van der Waals surface area contributed by atoms with Gasteiger partial charge in [0, 0.05) is 23.8 Å². The van der Waals surface area contributed by atoms with E-state index in [9.17, 15) is 4.79 Å². The molecule has 1 aromatic carbocycles. The molecule has 0 spiro atoms. The van der Waals surface area contributed by atoms with Crippen molar-refractivity contribution in [3.63, 3.8) is 0 Å². The molecular weight excluding hydrogens is 416 g/mol. The SMILES string of the molecule is CC(C)n1cc(-c2nc3c4cccc(C5CC5)c4nc(Nc4ccccnc4=O)n3n2)cn1. The van der Waals surface area contributed by atoms with Crippen molar-refractivity contribution in [3.05, 3.63) is 70.9 Å². The summed E-state index contributed by atoms with van der Waals surface area (Å²) in [6, 6.07) is 11.6. The van der Waals surface area contributed by atoms with Crippen molar-refractivity contribution in [3.8, 4) is 11.4 Å². The highest BCUT2D eigenvalue weighted by molar-refractivity contribution is 5.95. The highest BCUT2D eigenvalue weighted by Gasteiger charge is 2.27. The molecule has 1 aliphatic rings. The zero-order valence-electron chi connectivity index (χ0n) is 18.3. The number of hydrogen-bond donors (Lipinski definition) is 1. The van der Waals surface area contributed by atoms with E-state index in [1.807, 2.05) is 23.0 Å². The van der Waals surface area contributed by atoms with Gasteiger partial charge in [-0.2, -0.15) is 9.61 Å². The molecule has 6 rings (SSSR count). The molecule has 1 N–H and O–H groups in total. The number of anilines is 2. The third kappa shape index (κ3) is 3.42. The average molecular weight is 438 g/mol. The lowest BCUT2D eigenvalue weighted by molar-refractivity contribution is 0.532. The summed E-state index contributed by atoms with van der Waals surface area (Å²) in [4.78, 5) is 26.1. The van der Waals surface area contributed by atoms with Crippen LogP contribution in [-0.2, 0) is 0 Å². The van der Waals surface area contributed by atoms with Crippen LogP contribution in [0.15, 0.2) is 59.8 Å². The molecule has 0 unspecified atom stereocenters. The molecule has 5 aromatic rings. The number of aromatic nitrogens is 7. The topological polar surface area (TPSA) is 103 Å². The minimum Gasteiger partial charge on any atom is -0.319 e. The van der Waals surface area contributed by atoms with Gasteiger partial charge in [-0.1, -0.05) is 18.2 Å². The fourth-order valence-corrected chi connectivity index (χ4v) is 3.99. The Labute approximate surface area is 189 Å². The second-order valence-corrected chi connectivity index (χ2v) is 8.60. The summed E-state index contributed by atoms with van der Waals surface area (Å²) in [5.74, 6) is 1.48. The van der Waals surface area contributed by atoms with Gasteiger partial charge in [0.1, 0.15) is 5.69 Å². The summed E-state index contributed by atoms with van der Waals surface area (Å²) in [5.41, 5.74) is 3.54. The van der Waals surface area contributed by atoms with Crippen LogP contribution in [0.4, 0.5) is 11.6 Å². The van der Waals surface area contributed by atoms with Crippen molar-refractivity contribution in [1.29, 1.82) is 0 Å². The third-order valence-corrected chi connectivity index (χ3v) is 5.87. The van der Waals surface area contributed by atoms with E-state index in [0.717, 1.165) is 29.3 Å². The fourth-order valence-electron chi connectivity index (χ4n) is 3.99. The average Bonchev–Trinajstić information content (AvgIpc) is 3.40. The quantitative estimate of drug-likeness (QED) is 0.441. The molecule has 4 aromatic heterocycles. The second kappa shape index (κ2) is 7.47. The van der Waals surface area contributed by atoms with Gasteiger partial charge < -0.3 is 5.32 Å². The molecule has 0 saturated heterocycles. The normalized spacial score (nSPS) is 13.8. The van der Waals surface area contributed by atoms with Crippen LogP contribution in [0, 0.1) is 0 Å². The van der Waals surface area contributed by atoms with E-state index < -0.39 is 0 Å². The molecule has 4 heterocycles. The molecule has 164 valence electrons. The van der Waals surface area contributed by atoms with Crippen LogP contribution in [0.5, 0.6) is 0 Å². The summed E-state index contributed by atoms with van der Waals surface area (Å²) >= 11 is 0. The lowest BCUT2D eigenvalue weighted by Gasteiger charge is -2.10. The lowest BCUT2D eigenvalue weighted by Crippen LogP contribution is -2.12. The number of rotatable bonds is 5. The molecule has 0 radical (unpaired) electrons. The van der Waals surface area contributed by atoms with Crippen molar-refractivity contribution >= 4 is 28.2 Å². The van der Waals surface area contributed by atoms with Crippen LogP contribution in [-0.4, -0.2) is 34.3 Å². The lowest BCUT2D eigenvalue weighted by atomic mass is 10.1. The van der Waals surface area contributed by atoms with E-state index in [0.29, 0.717) is 29.0 Å². The maximum Gasteiger partial charge on any atom is 0.293 e. The number of fused-ring (bicyclic) bond motifs is 3. The van der Waals surface area contributed by atoms with Gasteiger partial charge in [-0.05, 0) is 56.4 Å². The first-order valence-electron chi connectivity index (χ1n) is 11.0. The van der Waals surface area contributed by atoms with E-state index in [-0.39, 0.29) is 11.6 Å². The smallest absolute Gasteiger partial charge is 0.293 e. The molecule has 0 amide bonds. The van der Waals surface area contributed by atoms with Crippen LogP contribution in [0.2, 0.25) is 0 Å². The van der Waals surface area contributed by atoms with Crippen molar-refractivity contribution in [2.75, 3.05) is 5.32 Å². The van der Waals surface area contributed by atoms with E-state index in [4.69, 9.17) is 15.1 Å². The maximum absolute atomic E-state index is 12.4. The number of benzene rings is 1. The fraction of sp³-hybridized carbons (Fsp3) is 0.250. The number of nitrogens with one attached hydrogen (secondary N) is 1. The number of hydrogen-bond acceptors (Lipinski definition) is 7. The predicted molar refractivity (Wildman–Crippen MR) is 126 cm³/mol. The van der Waals surface area contributed by atoms with Crippen molar-refractivity contribution in [1.82, 2.24) is 34.3 Å². The monoisotopic (exact) mass is 438 g/mol. The summed E-state index contributed by atoms with van der Waals surface area (Å²) in [7, 11) is 0. The molecule has 33 heavy (non-hydrogen) atoms. The number of para-hydroxylation sites is 1. The number of nitrogens with zero attached hydrogens (tertiary/aromatic N) is 7. The Morgan fingerprint density at radius 2 is 1.97 bits per heavy atom. The summed E-state index contributed by atoms with van der Waals surface area (Å²) in [6.45, 7) is 4.14. The molecule has 1 saturated carbocycles. The summed E-state index contributed by atoms with van der Waals surface area (Å²) in [5, 5.41) is 13.3. The minimum absolute atomic E-state index is 0.235. The van der Waals surface area contributed by atoms with Crippen LogP contribution < -0.4 is 10.9 Å². The Morgan fingerprint density at radius 1 is 1.09 bits per heavy atom. The Bertz CT molecular complexity index is 1560. The first-order chi connectivity index (χ1) is 16.1. The first-order valence-corrected chi connectivity index (χ1v) is 11.0. The Hall–Kier alpha value is -4.14. The standard InChI is InChI=1S/C24H22N8O/c1-14(2)31-13-16(12-26-31)21-29-22-18-7-5-6-17(15-9-10-15)20(18)28-24(32(22)30-21)27-19-8-3-4-11-25-23(19)33/h3-8,11-15H,9-10H2,1-2H3,(H,25,27,28,33). The van der Waals surface area contributed by atoms with Crippen LogP contribution in [0.3, 0.4) is 0 Å². The Balaban J connectivity index is 1.59. The van der Waals surface area contributed by atoms with E-state index in [1.54, 1.807) is 28.9 Å². The molecule has 0 atom stereocenters. The summed E-state index contributed by atoms with van der Waals surface area (Å²) in [6.07, 6.45) is 7.50. The molecule has 9 nitrogen and oxygen atoms in total. The zero-order chi connectivity index (χ0) is 22.5. The van der Waals surface area contributed by atoms with E-state index in [1.165, 1.54) is 11.8 Å². The van der Waals surface area contributed by atoms with E-state index in [2.05, 4.69) is 35.3 Å². The van der Waals surface area contributed by atoms with Gasteiger partial charge in [-0.15, -0.1) is 5.10 Å². The van der Waals surface area contributed by atoms with Crippen LogP contribution >= 0.6 is 0 Å². The van der Waals surface area contributed by atoms with Crippen molar-refractivity contribution in [2.45, 2.75) is 38.6 Å². The van der Waals surface area contributed by atoms with Gasteiger partial charge in [-0.3, -0.25) is 9.48 Å².